The molecular weight excluding hydrogens is 342 g/mol. The fraction of sp³-hybridized carbons (Fsp3) is 0.533. The van der Waals surface area contributed by atoms with Crippen molar-refractivity contribution >= 4 is 27.3 Å². The molecular formula is C15H18ClNO5S. The predicted molar refractivity (Wildman–Crippen MR) is 84.0 cm³/mol. The van der Waals surface area contributed by atoms with Crippen molar-refractivity contribution in [3.63, 3.8) is 0 Å². The zero-order valence-corrected chi connectivity index (χ0v) is 14.1. The molecule has 1 aromatic rings. The van der Waals surface area contributed by atoms with Gasteiger partial charge in [-0.1, -0.05) is 11.6 Å². The number of hydrogen-bond acceptors (Lipinski definition) is 5. The minimum atomic E-state index is -3.67. The maximum Gasteiger partial charge on any atom is 0.238 e. The van der Waals surface area contributed by atoms with Gasteiger partial charge in [-0.05, 0) is 24.3 Å². The topological polar surface area (TPSA) is 72.9 Å². The Bertz CT molecular complexity index is 672. The van der Waals surface area contributed by atoms with Gasteiger partial charge in [0.15, 0.2) is 15.6 Å². The van der Waals surface area contributed by atoms with E-state index >= 15 is 0 Å². The fourth-order valence-electron chi connectivity index (χ4n) is 2.86. The summed E-state index contributed by atoms with van der Waals surface area (Å²) in [5, 5.41) is 0.452. The van der Waals surface area contributed by atoms with Crippen molar-refractivity contribution in [2.75, 3.05) is 32.1 Å². The van der Waals surface area contributed by atoms with E-state index in [1.54, 1.807) is 4.90 Å². The SMILES string of the molecule is O=C(CS(=O)(=O)c1ccc(Cl)cc1)N1CCC2(CC1)OCCO2. The van der Waals surface area contributed by atoms with E-state index in [1.165, 1.54) is 24.3 Å². The summed E-state index contributed by atoms with van der Waals surface area (Å²) in [5.41, 5.74) is 0. The van der Waals surface area contributed by atoms with Gasteiger partial charge in [0.05, 0.1) is 18.1 Å². The second-order valence-electron chi connectivity index (χ2n) is 5.70. The summed E-state index contributed by atoms with van der Waals surface area (Å²) in [4.78, 5) is 14.0. The molecule has 0 unspecified atom stereocenters. The Balaban J connectivity index is 1.62. The lowest BCUT2D eigenvalue weighted by atomic mass is 10.0. The monoisotopic (exact) mass is 359 g/mol. The van der Waals surface area contributed by atoms with Gasteiger partial charge in [-0.3, -0.25) is 4.79 Å². The highest BCUT2D eigenvalue weighted by atomic mass is 35.5. The molecule has 1 aromatic carbocycles. The summed E-state index contributed by atoms with van der Waals surface area (Å²) in [6.45, 7) is 2.02. The number of ether oxygens (including phenoxy) is 2. The molecule has 1 amide bonds. The van der Waals surface area contributed by atoms with Crippen LogP contribution in [0, 0.1) is 0 Å². The van der Waals surface area contributed by atoms with Crippen LogP contribution in [0.15, 0.2) is 29.2 Å². The first kappa shape index (κ1) is 16.7. The van der Waals surface area contributed by atoms with Crippen LogP contribution >= 0.6 is 11.6 Å². The Labute approximate surface area is 140 Å². The number of sulfone groups is 1. The maximum absolute atomic E-state index is 12.3. The van der Waals surface area contributed by atoms with Crippen LogP contribution < -0.4 is 0 Å². The molecule has 2 heterocycles. The van der Waals surface area contributed by atoms with Crippen LogP contribution in [0.2, 0.25) is 5.02 Å². The van der Waals surface area contributed by atoms with Crippen molar-refractivity contribution in [3.8, 4) is 0 Å². The standard InChI is InChI=1S/C15H18ClNO5S/c16-12-1-3-13(4-2-12)23(19,20)11-14(18)17-7-5-15(6-8-17)21-9-10-22-15/h1-4H,5-11H2. The first-order valence-electron chi connectivity index (χ1n) is 7.44. The largest absolute Gasteiger partial charge is 0.347 e. The number of nitrogens with zero attached hydrogens (tertiary/aromatic N) is 1. The molecule has 0 saturated carbocycles. The van der Waals surface area contributed by atoms with E-state index in [0.29, 0.717) is 44.2 Å². The molecule has 2 aliphatic rings. The fourth-order valence-corrected chi connectivity index (χ4v) is 4.21. The van der Waals surface area contributed by atoms with Crippen molar-refractivity contribution in [1.29, 1.82) is 0 Å². The van der Waals surface area contributed by atoms with E-state index < -0.39 is 27.3 Å². The Kier molecular flexibility index (Phi) is 4.64. The van der Waals surface area contributed by atoms with Gasteiger partial charge < -0.3 is 14.4 Å². The minimum Gasteiger partial charge on any atom is -0.347 e. The second-order valence-corrected chi connectivity index (χ2v) is 8.13. The lowest BCUT2D eigenvalue weighted by Gasteiger charge is -2.37. The number of rotatable bonds is 3. The molecule has 0 aromatic heterocycles. The Morgan fingerprint density at radius 1 is 1.13 bits per heavy atom. The lowest BCUT2D eigenvalue weighted by molar-refractivity contribution is -0.186. The second kappa shape index (κ2) is 6.39. The molecule has 3 rings (SSSR count). The summed E-state index contributed by atoms with van der Waals surface area (Å²) in [6, 6.07) is 5.82. The van der Waals surface area contributed by atoms with Crippen molar-refractivity contribution in [2.24, 2.45) is 0 Å². The van der Waals surface area contributed by atoms with E-state index in [1.807, 2.05) is 0 Å². The first-order chi connectivity index (χ1) is 10.9. The summed E-state index contributed by atoms with van der Waals surface area (Å²) < 4.78 is 35.8. The Morgan fingerprint density at radius 3 is 2.26 bits per heavy atom. The minimum absolute atomic E-state index is 0.103. The van der Waals surface area contributed by atoms with Crippen LogP contribution in [0.1, 0.15) is 12.8 Å². The highest BCUT2D eigenvalue weighted by Gasteiger charge is 2.41. The number of hydrogen-bond donors (Lipinski definition) is 0. The van der Waals surface area contributed by atoms with Crippen LogP contribution in [0.25, 0.3) is 0 Å². The molecule has 8 heteroatoms. The van der Waals surface area contributed by atoms with Gasteiger partial charge in [0.2, 0.25) is 5.91 Å². The van der Waals surface area contributed by atoms with E-state index in [9.17, 15) is 13.2 Å². The molecule has 0 aliphatic carbocycles. The third kappa shape index (κ3) is 3.68. The Hall–Kier alpha value is -1.15. The average Bonchev–Trinajstić information content (AvgIpc) is 2.96. The number of piperidine rings is 1. The van der Waals surface area contributed by atoms with E-state index in [-0.39, 0.29) is 4.90 Å². The molecule has 0 atom stereocenters. The molecule has 126 valence electrons. The zero-order chi connectivity index (χ0) is 16.5. The van der Waals surface area contributed by atoms with Gasteiger partial charge in [0.1, 0.15) is 5.75 Å². The van der Waals surface area contributed by atoms with Gasteiger partial charge in [0.25, 0.3) is 0 Å². The first-order valence-corrected chi connectivity index (χ1v) is 9.47. The molecule has 2 aliphatic heterocycles. The van der Waals surface area contributed by atoms with Gasteiger partial charge in [0, 0.05) is 31.0 Å². The van der Waals surface area contributed by atoms with Crippen molar-refractivity contribution in [3.05, 3.63) is 29.3 Å². The van der Waals surface area contributed by atoms with Gasteiger partial charge >= 0.3 is 0 Å². The van der Waals surface area contributed by atoms with Crippen molar-refractivity contribution in [1.82, 2.24) is 4.90 Å². The quantitative estimate of drug-likeness (QED) is 0.817. The highest BCUT2D eigenvalue weighted by molar-refractivity contribution is 7.92. The lowest BCUT2D eigenvalue weighted by Crippen LogP contribution is -2.48. The highest BCUT2D eigenvalue weighted by Crippen LogP contribution is 2.31. The van der Waals surface area contributed by atoms with Crippen LogP contribution in [-0.4, -0.2) is 57.1 Å². The molecule has 0 N–H and O–H groups in total. The van der Waals surface area contributed by atoms with Crippen LogP contribution in [-0.2, 0) is 24.1 Å². The number of benzene rings is 1. The molecule has 1 spiro atoms. The summed E-state index contributed by atoms with van der Waals surface area (Å²) in [6.07, 6.45) is 1.14. The summed E-state index contributed by atoms with van der Waals surface area (Å²) in [5.74, 6) is -1.51. The normalized spacial score (nSPS) is 20.8. The number of amides is 1. The third-order valence-electron chi connectivity index (χ3n) is 4.18. The van der Waals surface area contributed by atoms with Crippen molar-refractivity contribution in [2.45, 2.75) is 23.5 Å². The Morgan fingerprint density at radius 2 is 1.70 bits per heavy atom. The molecule has 2 saturated heterocycles. The number of carbonyl (C=O) groups is 1. The van der Waals surface area contributed by atoms with Gasteiger partial charge in [-0.25, -0.2) is 8.42 Å². The number of carbonyl (C=O) groups excluding carboxylic acids is 1. The van der Waals surface area contributed by atoms with E-state index in [4.69, 9.17) is 21.1 Å². The predicted octanol–water partition coefficient (Wildman–Crippen LogP) is 1.48. The molecule has 0 bridgehead atoms. The number of likely N-dealkylation sites (tertiary alicyclic amines) is 1. The van der Waals surface area contributed by atoms with Crippen LogP contribution in [0.5, 0.6) is 0 Å². The molecule has 2 fully saturated rings. The van der Waals surface area contributed by atoms with Crippen molar-refractivity contribution < 1.29 is 22.7 Å². The van der Waals surface area contributed by atoms with Gasteiger partial charge in [-0.2, -0.15) is 0 Å². The van der Waals surface area contributed by atoms with E-state index in [0.717, 1.165) is 0 Å². The van der Waals surface area contributed by atoms with Crippen LogP contribution in [0.3, 0.4) is 0 Å². The molecule has 6 nitrogen and oxygen atoms in total. The number of halogens is 1. The zero-order valence-electron chi connectivity index (χ0n) is 12.5. The summed E-state index contributed by atoms with van der Waals surface area (Å²) >= 11 is 5.75. The van der Waals surface area contributed by atoms with E-state index in [2.05, 4.69) is 0 Å². The molecule has 0 radical (unpaired) electrons. The molecule has 23 heavy (non-hydrogen) atoms. The maximum atomic E-state index is 12.3. The third-order valence-corrected chi connectivity index (χ3v) is 6.05. The van der Waals surface area contributed by atoms with Crippen LogP contribution in [0.4, 0.5) is 0 Å². The smallest absolute Gasteiger partial charge is 0.238 e. The summed E-state index contributed by atoms with van der Waals surface area (Å²) in [7, 11) is -3.67. The van der Waals surface area contributed by atoms with Gasteiger partial charge in [-0.15, -0.1) is 0 Å². The average molecular weight is 360 g/mol.